The molecule has 0 amide bonds. The number of rotatable bonds is 3. The van der Waals surface area contributed by atoms with Crippen LogP contribution < -0.4 is 0 Å². The highest BCUT2D eigenvalue weighted by Gasteiger charge is 2.22. The summed E-state index contributed by atoms with van der Waals surface area (Å²) in [6, 6.07) is 2.28. The van der Waals surface area contributed by atoms with Crippen LogP contribution in [0, 0.1) is 5.92 Å². The molecule has 0 bridgehead atoms. The number of hydrogen-bond donors (Lipinski definition) is 1. The number of hydrogen-bond acceptors (Lipinski definition) is 2. The Morgan fingerprint density at radius 2 is 2.00 bits per heavy atom. The fourth-order valence-electron chi connectivity index (χ4n) is 3.37. The molecule has 0 radical (unpaired) electrons. The Morgan fingerprint density at radius 1 is 1.18 bits per heavy atom. The van der Waals surface area contributed by atoms with E-state index in [1.165, 1.54) is 61.8 Å². The van der Waals surface area contributed by atoms with Crippen LogP contribution in [0.3, 0.4) is 0 Å². The zero-order chi connectivity index (χ0) is 11.7. The van der Waals surface area contributed by atoms with Crippen LogP contribution >= 0.6 is 11.3 Å². The molecule has 1 aromatic rings. The maximum Gasteiger partial charge on any atom is 0.0884 e. The normalized spacial score (nSPS) is 22.6. The molecular formula is C15H22OS. The summed E-state index contributed by atoms with van der Waals surface area (Å²) >= 11 is 1.87. The summed E-state index contributed by atoms with van der Waals surface area (Å²) in [7, 11) is 0. The van der Waals surface area contributed by atoms with Gasteiger partial charge in [-0.25, -0.2) is 0 Å². The van der Waals surface area contributed by atoms with Crippen LogP contribution in [0.2, 0.25) is 0 Å². The lowest BCUT2D eigenvalue weighted by Crippen LogP contribution is -2.10. The van der Waals surface area contributed by atoms with Crippen molar-refractivity contribution in [3.05, 3.63) is 21.4 Å². The highest BCUT2D eigenvalue weighted by molar-refractivity contribution is 7.12. The SMILES string of the molecule is OC(CC1CCCCC1)c1cc2c(s1)CCC2. The largest absolute Gasteiger partial charge is 0.388 e. The lowest BCUT2D eigenvalue weighted by atomic mass is 9.85. The van der Waals surface area contributed by atoms with Gasteiger partial charge in [-0.05, 0) is 43.2 Å². The fraction of sp³-hybridized carbons (Fsp3) is 0.733. The molecule has 1 N–H and O–H groups in total. The summed E-state index contributed by atoms with van der Waals surface area (Å²) in [5.74, 6) is 0.774. The molecule has 17 heavy (non-hydrogen) atoms. The van der Waals surface area contributed by atoms with E-state index in [4.69, 9.17) is 0 Å². The summed E-state index contributed by atoms with van der Waals surface area (Å²) in [4.78, 5) is 2.78. The second kappa shape index (κ2) is 5.11. The van der Waals surface area contributed by atoms with Crippen molar-refractivity contribution in [3.8, 4) is 0 Å². The average molecular weight is 250 g/mol. The minimum Gasteiger partial charge on any atom is -0.388 e. The molecule has 1 nitrogen and oxygen atoms in total. The van der Waals surface area contributed by atoms with Crippen molar-refractivity contribution in [1.82, 2.24) is 0 Å². The summed E-state index contributed by atoms with van der Waals surface area (Å²) < 4.78 is 0. The Kier molecular flexibility index (Phi) is 3.53. The van der Waals surface area contributed by atoms with E-state index in [9.17, 15) is 5.11 Å². The lowest BCUT2D eigenvalue weighted by molar-refractivity contribution is 0.134. The molecule has 1 heterocycles. The molecule has 1 unspecified atom stereocenters. The van der Waals surface area contributed by atoms with E-state index in [-0.39, 0.29) is 6.10 Å². The van der Waals surface area contributed by atoms with Gasteiger partial charge < -0.3 is 5.11 Å². The van der Waals surface area contributed by atoms with Crippen LogP contribution in [0.1, 0.15) is 66.4 Å². The molecule has 2 aliphatic rings. The molecule has 0 aromatic carbocycles. The van der Waals surface area contributed by atoms with Gasteiger partial charge in [-0.1, -0.05) is 32.1 Å². The maximum atomic E-state index is 10.3. The molecule has 3 rings (SSSR count). The Balaban J connectivity index is 1.62. The van der Waals surface area contributed by atoms with Crippen molar-refractivity contribution in [2.24, 2.45) is 5.92 Å². The zero-order valence-corrected chi connectivity index (χ0v) is 11.3. The molecule has 94 valence electrons. The van der Waals surface area contributed by atoms with Gasteiger partial charge in [-0.2, -0.15) is 0 Å². The van der Waals surface area contributed by atoms with Crippen LogP contribution in [0.5, 0.6) is 0 Å². The first-order valence-corrected chi connectivity index (χ1v) is 7.94. The van der Waals surface area contributed by atoms with Gasteiger partial charge in [0.1, 0.15) is 0 Å². The van der Waals surface area contributed by atoms with Crippen molar-refractivity contribution in [2.75, 3.05) is 0 Å². The molecule has 2 heteroatoms. The Morgan fingerprint density at radius 3 is 2.76 bits per heavy atom. The Bertz CT molecular complexity index is 355. The van der Waals surface area contributed by atoms with Crippen LogP contribution in [-0.4, -0.2) is 5.11 Å². The monoisotopic (exact) mass is 250 g/mol. The summed E-state index contributed by atoms with van der Waals surface area (Å²) in [5, 5.41) is 10.3. The van der Waals surface area contributed by atoms with Crippen LogP contribution in [-0.2, 0) is 12.8 Å². The number of aliphatic hydroxyl groups excluding tert-OH is 1. The third-order valence-corrected chi connectivity index (χ3v) is 5.71. The smallest absolute Gasteiger partial charge is 0.0884 e. The van der Waals surface area contributed by atoms with Crippen LogP contribution in [0.15, 0.2) is 6.07 Å². The fourth-order valence-corrected chi connectivity index (χ4v) is 4.63. The standard InChI is InChI=1S/C15H22OS/c16-13(9-11-5-2-1-3-6-11)15-10-12-7-4-8-14(12)17-15/h10-11,13,16H,1-9H2. The van der Waals surface area contributed by atoms with Gasteiger partial charge in [-0.3, -0.25) is 0 Å². The second-order valence-electron chi connectivity index (χ2n) is 5.71. The van der Waals surface area contributed by atoms with E-state index >= 15 is 0 Å². The molecule has 1 aromatic heterocycles. The van der Waals surface area contributed by atoms with E-state index in [1.54, 1.807) is 4.88 Å². The lowest BCUT2D eigenvalue weighted by Gasteiger charge is -2.23. The minimum atomic E-state index is -0.186. The van der Waals surface area contributed by atoms with Gasteiger partial charge in [0.15, 0.2) is 0 Å². The van der Waals surface area contributed by atoms with Crippen molar-refractivity contribution in [3.63, 3.8) is 0 Å². The first-order valence-electron chi connectivity index (χ1n) is 7.12. The molecule has 2 aliphatic carbocycles. The molecule has 0 saturated heterocycles. The zero-order valence-electron chi connectivity index (χ0n) is 10.5. The summed E-state index contributed by atoms with van der Waals surface area (Å²) in [6.07, 6.45) is 11.4. The van der Waals surface area contributed by atoms with Gasteiger partial charge in [0.25, 0.3) is 0 Å². The minimum absolute atomic E-state index is 0.186. The number of fused-ring (bicyclic) bond motifs is 1. The van der Waals surface area contributed by atoms with Gasteiger partial charge >= 0.3 is 0 Å². The Hall–Kier alpha value is -0.340. The van der Waals surface area contributed by atoms with Crippen molar-refractivity contribution in [1.29, 1.82) is 0 Å². The van der Waals surface area contributed by atoms with E-state index in [2.05, 4.69) is 6.07 Å². The molecule has 1 fully saturated rings. The highest BCUT2D eigenvalue weighted by Crippen LogP contribution is 2.38. The van der Waals surface area contributed by atoms with Gasteiger partial charge in [0.2, 0.25) is 0 Å². The molecular weight excluding hydrogens is 228 g/mol. The first kappa shape index (κ1) is 11.7. The van der Waals surface area contributed by atoms with E-state index < -0.39 is 0 Å². The van der Waals surface area contributed by atoms with Gasteiger partial charge in [-0.15, -0.1) is 11.3 Å². The average Bonchev–Trinajstić information content (AvgIpc) is 2.90. The molecule has 0 aliphatic heterocycles. The quantitative estimate of drug-likeness (QED) is 0.850. The first-order chi connectivity index (χ1) is 8.33. The van der Waals surface area contributed by atoms with E-state index in [0.29, 0.717) is 0 Å². The predicted molar refractivity (Wildman–Crippen MR) is 72.5 cm³/mol. The van der Waals surface area contributed by atoms with Crippen molar-refractivity contribution >= 4 is 11.3 Å². The third-order valence-electron chi connectivity index (χ3n) is 4.38. The van der Waals surface area contributed by atoms with Crippen molar-refractivity contribution in [2.45, 2.75) is 63.9 Å². The molecule has 0 spiro atoms. The van der Waals surface area contributed by atoms with Gasteiger partial charge in [0.05, 0.1) is 6.10 Å². The van der Waals surface area contributed by atoms with E-state index in [0.717, 1.165) is 12.3 Å². The van der Waals surface area contributed by atoms with Gasteiger partial charge in [0, 0.05) is 9.75 Å². The maximum absolute atomic E-state index is 10.3. The highest BCUT2D eigenvalue weighted by atomic mass is 32.1. The summed E-state index contributed by atoms with van der Waals surface area (Å²) in [5.41, 5.74) is 1.52. The number of aliphatic hydroxyl groups is 1. The van der Waals surface area contributed by atoms with Crippen molar-refractivity contribution < 1.29 is 5.11 Å². The third kappa shape index (κ3) is 2.58. The second-order valence-corrected chi connectivity index (χ2v) is 6.87. The predicted octanol–water partition coefficient (Wildman–Crippen LogP) is 4.24. The molecule has 1 saturated carbocycles. The topological polar surface area (TPSA) is 20.2 Å². The number of thiophene rings is 1. The van der Waals surface area contributed by atoms with E-state index in [1.807, 2.05) is 11.3 Å². The Labute approximate surface area is 108 Å². The van der Waals surface area contributed by atoms with Crippen LogP contribution in [0.25, 0.3) is 0 Å². The number of aryl methyl sites for hydroxylation is 2. The van der Waals surface area contributed by atoms with Crippen LogP contribution in [0.4, 0.5) is 0 Å². The summed E-state index contributed by atoms with van der Waals surface area (Å²) in [6.45, 7) is 0. The molecule has 1 atom stereocenters.